The molecule has 4 rings (SSSR count). The van der Waals surface area contributed by atoms with Crippen LogP contribution in [0.15, 0.2) is 47.5 Å². The van der Waals surface area contributed by atoms with Gasteiger partial charge in [-0.25, -0.2) is 4.98 Å². The third-order valence-corrected chi connectivity index (χ3v) is 5.01. The van der Waals surface area contributed by atoms with Crippen molar-refractivity contribution in [1.29, 1.82) is 0 Å². The first-order valence-electron chi connectivity index (χ1n) is 9.26. The van der Waals surface area contributed by atoms with Gasteiger partial charge in [0.1, 0.15) is 5.69 Å². The van der Waals surface area contributed by atoms with Gasteiger partial charge in [0.25, 0.3) is 11.2 Å². The van der Waals surface area contributed by atoms with Gasteiger partial charge >= 0.3 is 0 Å². The summed E-state index contributed by atoms with van der Waals surface area (Å²) in [5.41, 5.74) is 2.07. The van der Waals surface area contributed by atoms with E-state index in [1.807, 2.05) is 29.2 Å². The second-order valence-electron chi connectivity index (χ2n) is 6.96. The maximum atomic E-state index is 11.9. The zero-order chi connectivity index (χ0) is 20.4. The number of carbonyl (C=O) groups excluding carboxylic acids is 1. The first-order chi connectivity index (χ1) is 14.0. The van der Waals surface area contributed by atoms with E-state index in [0.29, 0.717) is 30.7 Å². The number of aromatic nitrogens is 2. The van der Waals surface area contributed by atoms with E-state index >= 15 is 0 Å². The van der Waals surface area contributed by atoms with E-state index in [-0.39, 0.29) is 17.0 Å². The van der Waals surface area contributed by atoms with Crippen molar-refractivity contribution in [2.24, 2.45) is 0 Å². The van der Waals surface area contributed by atoms with E-state index in [9.17, 15) is 19.7 Å². The number of carbonyl (C=O) groups is 1. The van der Waals surface area contributed by atoms with Gasteiger partial charge in [0, 0.05) is 32.1 Å². The summed E-state index contributed by atoms with van der Waals surface area (Å²) in [5.74, 6) is 0.187. The highest BCUT2D eigenvalue weighted by atomic mass is 16.6. The average Bonchev–Trinajstić information content (AvgIpc) is 3.11. The molecule has 1 aliphatic heterocycles. The van der Waals surface area contributed by atoms with Crippen LogP contribution in [0.4, 0.5) is 11.4 Å². The van der Waals surface area contributed by atoms with Crippen LogP contribution in [0.2, 0.25) is 0 Å². The Bertz CT molecular complexity index is 1140. The standard InChI is InChI=1S/C20H19N5O4/c26-19-2-1-7-24(19)11-14-5-3-13(4-6-14)10-21-17-9-16-15(8-18(17)25(28)29)20(27)23-12-22-16/h3-6,8-9,12,21H,1-2,7,10-11H2,(H,22,23,27). The summed E-state index contributed by atoms with van der Waals surface area (Å²) in [6.07, 6.45) is 2.80. The van der Waals surface area contributed by atoms with Crippen molar-refractivity contribution in [2.75, 3.05) is 11.9 Å². The number of likely N-dealkylation sites (tertiary alicyclic amines) is 1. The number of rotatable bonds is 6. The molecule has 0 aliphatic carbocycles. The van der Waals surface area contributed by atoms with Crippen LogP contribution in [0.1, 0.15) is 24.0 Å². The molecule has 0 atom stereocenters. The fraction of sp³-hybridized carbons (Fsp3) is 0.250. The zero-order valence-corrected chi connectivity index (χ0v) is 15.6. The Morgan fingerprint density at radius 1 is 1.17 bits per heavy atom. The van der Waals surface area contributed by atoms with Gasteiger partial charge in [-0.15, -0.1) is 0 Å². The Morgan fingerprint density at radius 2 is 1.93 bits per heavy atom. The molecule has 0 unspecified atom stereocenters. The first kappa shape index (κ1) is 18.6. The molecule has 9 heteroatoms. The molecule has 0 bridgehead atoms. The van der Waals surface area contributed by atoms with Gasteiger partial charge < -0.3 is 15.2 Å². The van der Waals surface area contributed by atoms with Crippen molar-refractivity contribution in [1.82, 2.24) is 14.9 Å². The predicted octanol–water partition coefficient (Wildman–Crippen LogP) is 2.57. The molecular weight excluding hydrogens is 374 g/mol. The Kier molecular flexibility index (Phi) is 4.94. The first-order valence-corrected chi connectivity index (χ1v) is 9.26. The molecule has 148 valence electrons. The third kappa shape index (κ3) is 3.93. The molecule has 1 aliphatic rings. The van der Waals surface area contributed by atoms with Gasteiger partial charge in [-0.3, -0.25) is 19.7 Å². The van der Waals surface area contributed by atoms with Crippen LogP contribution >= 0.6 is 0 Å². The van der Waals surface area contributed by atoms with E-state index in [1.54, 1.807) is 0 Å². The van der Waals surface area contributed by atoms with Crippen LogP contribution in [-0.2, 0) is 17.9 Å². The van der Waals surface area contributed by atoms with E-state index in [4.69, 9.17) is 0 Å². The number of benzene rings is 2. The van der Waals surface area contributed by atoms with Crippen LogP contribution in [-0.4, -0.2) is 32.2 Å². The smallest absolute Gasteiger partial charge is 0.293 e. The minimum Gasteiger partial charge on any atom is -0.375 e. The fourth-order valence-corrected chi connectivity index (χ4v) is 3.45. The van der Waals surface area contributed by atoms with Crippen molar-refractivity contribution >= 4 is 28.2 Å². The van der Waals surface area contributed by atoms with Gasteiger partial charge in [0.15, 0.2) is 0 Å². The normalized spacial score (nSPS) is 13.8. The molecule has 2 aromatic carbocycles. The molecule has 1 aromatic heterocycles. The largest absolute Gasteiger partial charge is 0.375 e. The molecule has 29 heavy (non-hydrogen) atoms. The Balaban J connectivity index is 1.50. The number of fused-ring (bicyclic) bond motifs is 1. The van der Waals surface area contributed by atoms with Crippen LogP contribution < -0.4 is 10.9 Å². The van der Waals surface area contributed by atoms with Crippen molar-refractivity contribution < 1.29 is 9.72 Å². The molecular formula is C20H19N5O4. The highest BCUT2D eigenvalue weighted by molar-refractivity contribution is 5.86. The number of hydrogen-bond acceptors (Lipinski definition) is 6. The molecule has 1 fully saturated rings. The third-order valence-electron chi connectivity index (χ3n) is 5.01. The highest BCUT2D eigenvalue weighted by Crippen LogP contribution is 2.28. The molecule has 0 radical (unpaired) electrons. The lowest BCUT2D eigenvalue weighted by Gasteiger charge is -2.15. The summed E-state index contributed by atoms with van der Waals surface area (Å²) < 4.78 is 0. The number of nitro groups is 1. The van der Waals surface area contributed by atoms with E-state index in [0.717, 1.165) is 24.1 Å². The molecule has 2 N–H and O–H groups in total. The molecule has 2 heterocycles. The maximum Gasteiger partial charge on any atom is 0.293 e. The number of amides is 1. The fourth-order valence-electron chi connectivity index (χ4n) is 3.45. The molecule has 9 nitrogen and oxygen atoms in total. The monoisotopic (exact) mass is 393 g/mol. The average molecular weight is 393 g/mol. The quantitative estimate of drug-likeness (QED) is 0.490. The summed E-state index contributed by atoms with van der Waals surface area (Å²) in [4.78, 5) is 42.8. The number of nitrogens with one attached hydrogen (secondary N) is 2. The van der Waals surface area contributed by atoms with Crippen molar-refractivity contribution in [3.63, 3.8) is 0 Å². The second-order valence-corrected chi connectivity index (χ2v) is 6.96. The van der Waals surface area contributed by atoms with Gasteiger partial charge in [-0.2, -0.15) is 0 Å². The van der Waals surface area contributed by atoms with Crippen LogP contribution in [0, 0.1) is 10.1 Å². The van der Waals surface area contributed by atoms with E-state index in [2.05, 4.69) is 15.3 Å². The molecule has 1 amide bonds. The lowest BCUT2D eigenvalue weighted by Crippen LogP contribution is -2.23. The molecule has 0 spiro atoms. The Hall–Kier alpha value is -3.75. The number of H-pyrrole nitrogens is 1. The number of nitrogens with zero attached hydrogens (tertiary/aromatic N) is 3. The summed E-state index contributed by atoms with van der Waals surface area (Å²) in [6.45, 7) is 1.77. The van der Waals surface area contributed by atoms with Crippen molar-refractivity contribution in [3.8, 4) is 0 Å². The summed E-state index contributed by atoms with van der Waals surface area (Å²) in [5, 5.41) is 14.7. The Labute approximate surface area is 165 Å². The number of anilines is 1. The number of hydrogen-bond donors (Lipinski definition) is 2. The second kappa shape index (κ2) is 7.70. The van der Waals surface area contributed by atoms with Crippen molar-refractivity contribution in [2.45, 2.75) is 25.9 Å². The topological polar surface area (TPSA) is 121 Å². The van der Waals surface area contributed by atoms with Gasteiger partial charge in [-0.1, -0.05) is 24.3 Å². The summed E-state index contributed by atoms with van der Waals surface area (Å²) >= 11 is 0. The van der Waals surface area contributed by atoms with Gasteiger partial charge in [0.05, 0.1) is 22.2 Å². The summed E-state index contributed by atoms with van der Waals surface area (Å²) in [6, 6.07) is 10.5. The van der Waals surface area contributed by atoms with E-state index < -0.39 is 10.5 Å². The van der Waals surface area contributed by atoms with Crippen LogP contribution in [0.5, 0.6) is 0 Å². The Morgan fingerprint density at radius 3 is 2.62 bits per heavy atom. The molecule has 0 saturated carbocycles. The zero-order valence-electron chi connectivity index (χ0n) is 15.6. The molecule has 3 aromatic rings. The minimum atomic E-state index is -0.523. The van der Waals surface area contributed by atoms with Crippen LogP contribution in [0.3, 0.4) is 0 Å². The predicted molar refractivity (Wildman–Crippen MR) is 107 cm³/mol. The lowest BCUT2D eigenvalue weighted by atomic mass is 10.1. The maximum absolute atomic E-state index is 11.9. The number of nitro benzene ring substituents is 1. The molecule has 1 saturated heterocycles. The van der Waals surface area contributed by atoms with E-state index in [1.165, 1.54) is 18.5 Å². The lowest BCUT2D eigenvalue weighted by molar-refractivity contribution is -0.383. The minimum absolute atomic E-state index is 0.172. The van der Waals surface area contributed by atoms with Gasteiger partial charge in [0.2, 0.25) is 5.91 Å². The van der Waals surface area contributed by atoms with Crippen molar-refractivity contribution in [3.05, 3.63) is 74.3 Å². The van der Waals surface area contributed by atoms with Gasteiger partial charge in [-0.05, 0) is 23.6 Å². The van der Waals surface area contributed by atoms with Crippen LogP contribution in [0.25, 0.3) is 10.9 Å². The summed E-state index contributed by atoms with van der Waals surface area (Å²) in [7, 11) is 0. The SMILES string of the molecule is O=C1CCCN1Cc1ccc(CNc2cc3nc[nH]c(=O)c3cc2[N+](=O)[O-])cc1. The highest BCUT2D eigenvalue weighted by Gasteiger charge is 2.20. The number of aromatic amines is 1.